The summed E-state index contributed by atoms with van der Waals surface area (Å²) in [6.45, 7) is 7.68. The van der Waals surface area contributed by atoms with E-state index in [4.69, 9.17) is 16.4 Å². The summed E-state index contributed by atoms with van der Waals surface area (Å²) in [6, 6.07) is 15.5. The number of carbonyl (C=O) groups is 2. The van der Waals surface area contributed by atoms with Gasteiger partial charge in [-0.3, -0.25) is 0 Å². The van der Waals surface area contributed by atoms with Crippen molar-refractivity contribution in [2.75, 3.05) is 20.3 Å². The number of rotatable bonds is 5. The third-order valence-electron chi connectivity index (χ3n) is 6.58. The number of hydrogen-bond acceptors (Lipinski definition) is 5. The highest BCUT2D eigenvalue weighted by molar-refractivity contribution is 5.90. The average molecular weight is 494 g/mol. The molecule has 4 rings (SSSR count). The van der Waals surface area contributed by atoms with Crippen molar-refractivity contribution in [1.82, 2.24) is 0 Å². The smallest absolute Gasteiger partial charge is 0.338 e. The Kier molecular flexibility index (Phi) is 14.0. The molecule has 36 heavy (non-hydrogen) atoms. The van der Waals surface area contributed by atoms with E-state index in [1.165, 1.54) is 71.3 Å². The van der Waals surface area contributed by atoms with Crippen LogP contribution < -0.4 is 0 Å². The Morgan fingerprint density at radius 2 is 1.33 bits per heavy atom. The van der Waals surface area contributed by atoms with Crippen LogP contribution in [-0.2, 0) is 9.47 Å². The molecule has 2 aliphatic rings. The molecular weight excluding hydrogens is 454 g/mol. The van der Waals surface area contributed by atoms with Crippen LogP contribution in [0.1, 0.15) is 84.9 Å². The predicted octanol–water partition coefficient (Wildman–Crippen LogP) is 7.01. The molecule has 1 N–H and O–H groups in total. The number of nitrogens with zero attached hydrogens (tertiary/aromatic N) is 1. The van der Waals surface area contributed by atoms with Gasteiger partial charge in [-0.15, -0.1) is 0 Å². The Bertz CT molecular complexity index is 924. The van der Waals surface area contributed by atoms with Gasteiger partial charge in [0.25, 0.3) is 0 Å². The molecule has 2 saturated carbocycles. The highest BCUT2D eigenvalue weighted by atomic mass is 16.5. The van der Waals surface area contributed by atoms with Crippen molar-refractivity contribution in [1.29, 1.82) is 0 Å². The Morgan fingerprint density at radius 1 is 0.806 bits per heavy atom. The Morgan fingerprint density at radius 3 is 1.81 bits per heavy atom. The molecule has 0 radical (unpaired) electrons. The second-order valence-electron chi connectivity index (χ2n) is 9.31. The Balaban J connectivity index is 0.000000202. The van der Waals surface area contributed by atoms with Crippen LogP contribution in [-0.4, -0.2) is 37.4 Å². The standard InChI is InChI=1S/C14H18O2.C9H7NO2.C7H14O/c15-14(13-9-5-2-6-10-13)16-11-12-7-3-1-4-8-12;1-10-8-5-3-7(4-6-8)9(11)12-2;8-6-7-4-2-1-3-5-7/h2,5-6,9-10,12H,1,3-4,7-8,11H2;3-6H,2H3;7-8H,1-6H2. The molecule has 0 aliphatic heterocycles. The van der Waals surface area contributed by atoms with Gasteiger partial charge < -0.3 is 14.6 Å². The van der Waals surface area contributed by atoms with Gasteiger partial charge in [-0.2, -0.15) is 0 Å². The molecule has 6 heteroatoms. The summed E-state index contributed by atoms with van der Waals surface area (Å²) in [6.07, 6.45) is 12.9. The van der Waals surface area contributed by atoms with Gasteiger partial charge in [0.05, 0.1) is 31.4 Å². The molecule has 0 saturated heterocycles. The molecule has 0 amide bonds. The van der Waals surface area contributed by atoms with Crippen LogP contribution in [0.3, 0.4) is 0 Å². The van der Waals surface area contributed by atoms with Crippen molar-refractivity contribution < 1.29 is 24.2 Å². The minimum atomic E-state index is -0.383. The molecule has 6 nitrogen and oxygen atoms in total. The summed E-state index contributed by atoms with van der Waals surface area (Å²) in [7, 11) is 1.32. The average Bonchev–Trinajstić information content (AvgIpc) is 2.97. The van der Waals surface area contributed by atoms with Crippen LogP contribution >= 0.6 is 0 Å². The van der Waals surface area contributed by atoms with Crippen molar-refractivity contribution in [3.8, 4) is 0 Å². The largest absolute Gasteiger partial charge is 0.465 e. The summed E-state index contributed by atoms with van der Waals surface area (Å²) in [4.78, 5) is 25.8. The van der Waals surface area contributed by atoms with E-state index in [0.717, 1.165) is 0 Å². The monoisotopic (exact) mass is 493 g/mol. The van der Waals surface area contributed by atoms with Crippen molar-refractivity contribution in [2.45, 2.75) is 64.2 Å². The van der Waals surface area contributed by atoms with Gasteiger partial charge >= 0.3 is 11.9 Å². The molecule has 2 fully saturated rings. The third-order valence-corrected chi connectivity index (χ3v) is 6.58. The van der Waals surface area contributed by atoms with Crippen LogP contribution in [0.5, 0.6) is 0 Å². The molecule has 194 valence electrons. The van der Waals surface area contributed by atoms with Gasteiger partial charge in [-0.1, -0.05) is 81.0 Å². The summed E-state index contributed by atoms with van der Waals surface area (Å²) >= 11 is 0. The van der Waals surface area contributed by atoms with Crippen LogP contribution in [0.2, 0.25) is 0 Å². The van der Waals surface area contributed by atoms with Crippen molar-refractivity contribution in [2.24, 2.45) is 11.8 Å². The molecule has 2 aromatic rings. The van der Waals surface area contributed by atoms with E-state index in [0.29, 0.717) is 41.9 Å². The van der Waals surface area contributed by atoms with E-state index in [9.17, 15) is 9.59 Å². The topological polar surface area (TPSA) is 77.2 Å². The lowest BCUT2D eigenvalue weighted by Crippen LogP contribution is -2.16. The van der Waals surface area contributed by atoms with E-state index in [2.05, 4.69) is 9.58 Å². The fraction of sp³-hybridized carbons (Fsp3) is 0.500. The van der Waals surface area contributed by atoms with E-state index < -0.39 is 0 Å². The van der Waals surface area contributed by atoms with E-state index >= 15 is 0 Å². The minimum Gasteiger partial charge on any atom is -0.465 e. The maximum absolute atomic E-state index is 11.7. The fourth-order valence-corrected chi connectivity index (χ4v) is 4.36. The molecule has 2 aliphatic carbocycles. The second kappa shape index (κ2) is 17.3. The highest BCUT2D eigenvalue weighted by Gasteiger charge is 2.16. The van der Waals surface area contributed by atoms with Crippen LogP contribution in [0.4, 0.5) is 5.69 Å². The first-order chi connectivity index (χ1) is 17.6. The number of benzene rings is 2. The van der Waals surface area contributed by atoms with Crippen molar-refractivity contribution in [3.63, 3.8) is 0 Å². The third kappa shape index (κ3) is 11.0. The van der Waals surface area contributed by atoms with Gasteiger partial charge in [-0.05, 0) is 49.7 Å². The normalized spacial score (nSPS) is 15.7. The molecule has 0 unspecified atom stereocenters. The predicted molar refractivity (Wildman–Crippen MR) is 141 cm³/mol. The van der Waals surface area contributed by atoms with Gasteiger partial charge in [0.2, 0.25) is 0 Å². The lowest BCUT2D eigenvalue weighted by atomic mass is 9.90. The highest BCUT2D eigenvalue weighted by Crippen LogP contribution is 2.24. The summed E-state index contributed by atoms with van der Waals surface area (Å²) in [5.41, 5.74) is 1.63. The minimum absolute atomic E-state index is 0.189. The van der Waals surface area contributed by atoms with Gasteiger partial charge in [-0.25, -0.2) is 14.4 Å². The second-order valence-corrected chi connectivity index (χ2v) is 9.31. The zero-order chi connectivity index (χ0) is 26.0. The number of aliphatic hydroxyl groups is 1. The number of esters is 2. The van der Waals surface area contributed by atoms with E-state index in [1.807, 2.05) is 18.2 Å². The van der Waals surface area contributed by atoms with E-state index in [1.54, 1.807) is 36.4 Å². The molecular formula is C30H39NO5. The SMILES string of the molecule is O=C(OCC1CCCCC1)c1ccccc1.OCC1CCCCC1.[C-]#[N+]c1ccc(C(=O)OC)cc1. The lowest BCUT2D eigenvalue weighted by molar-refractivity contribution is 0.0410. The molecule has 0 atom stereocenters. The Hall–Kier alpha value is -3.17. The zero-order valence-electron chi connectivity index (χ0n) is 21.4. The lowest BCUT2D eigenvalue weighted by Gasteiger charge is -2.20. The van der Waals surface area contributed by atoms with Crippen LogP contribution in [0.25, 0.3) is 4.85 Å². The summed E-state index contributed by atoms with van der Waals surface area (Å²) in [5.74, 6) is 0.655. The van der Waals surface area contributed by atoms with Crippen molar-refractivity contribution in [3.05, 3.63) is 77.1 Å². The van der Waals surface area contributed by atoms with Crippen LogP contribution in [0, 0.1) is 18.4 Å². The van der Waals surface area contributed by atoms with Gasteiger partial charge in [0, 0.05) is 6.61 Å². The maximum Gasteiger partial charge on any atom is 0.338 e. The molecule has 0 aromatic heterocycles. The number of methoxy groups -OCH3 is 1. The Labute approximate surface area is 215 Å². The molecule has 0 bridgehead atoms. The fourth-order valence-electron chi connectivity index (χ4n) is 4.36. The van der Waals surface area contributed by atoms with E-state index in [-0.39, 0.29) is 11.9 Å². The number of carbonyl (C=O) groups excluding carboxylic acids is 2. The van der Waals surface area contributed by atoms with Crippen LogP contribution in [0.15, 0.2) is 54.6 Å². The molecule has 2 aromatic carbocycles. The first-order valence-electron chi connectivity index (χ1n) is 13.0. The number of aliphatic hydroxyl groups excluding tert-OH is 1. The van der Waals surface area contributed by atoms with Gasteiger partial charge in [0.1, 0.15) is 0 Å². The van der Waals surface area contributed by atoms with Gasteiger partial charge in [0.15, 0.2) is 5.69 Å². The molecule has 0 spiro atoms. The first-order valence-corrected chi connectivity index (χ1v) is 13.0. The quantitative estimate of drug-likeness (QED) is 0.358. The number of hydrogen-bond donors (Lipinski definition) is 1. The first kappa shape index (κ1) is 29.1. The number of ether oxygens (including phenoxy) is 2. The zero-order valence-corrected chi connectivity index (χ0v) is 21.4. The van der Waals surface area contributed by atoms with Crippen molar-refractivity contribution >= 4 is 17.6 Å². The molecule has 0 heterocycles. The maximum atomic E-state index is 11.7. The summed E-state index contributed by atoms with van der Waals surface area (Å²) < 4.78 is 9.82. The summed E-state index contributed by atoms with van der Waals surface area (Å²) in [5, 5.41) is 8.69.